The minimum atomic E-state index is -4.31. The van der Waals surface area contributed by atoms with E-state index in [9.17, 15) is 13.2 Å². The molecule has 1 aromatic rings. The van der Waals surface area contributed by atoms with E-state index in [-0.39, 0.29) is 29.4 Å². The summed E-state index contributed by atoms with van der Waals surface area (Å²) in [6.45, 7) is 1.73. The summed E-state index contributed by atoms with van der Waals surface area (Å²) in [5.41, 5.74) is -0.113. The summed E-state index contributed by atoms with van der Waals surface area (Å²) < 4.78 is 43.9. The van der Waals surface area contributed by atoms with Gasteiger partial charge in [0.15, 0.2) is 5.96 Å². The van der Waals surface area contributed by atoms with Crippen LogP contribution in [0.3, 0.4) is 0 Å². The first-order valence-corrected chi connectivity index (χ1v) is 8.02. The number of halogens is 4. The van der Waals surface area contributed by atoms with Crippen LogP contribution in [0.1, 0.15) is 30.4 Å². The standard InChI is InChI=1S/C17H24F3N3O.HI/c1-21-15(22-9-10-24-2)23-12-16(7-4-8-16)13-5-3-6-14(11-13)17(18,19)20;/h3,5-6,11H,4,7-10,12H2,1-2H3,(H2,21,22,23);1H. The van der Waals surface area contributed by atoms with Crippen LogP contribution in [-0.2, 0) is 16.3 Å². The van der Waals surface area contributed by atoms with Crippen molar-refractivity contribution in [1.82, 2.24) is 10.6 Å². The lowest BCUT2D eigenvalue weighted by molar-refractivity contribution is -0.137. The van der Waals surface area contributed by atoms with Crippen LogP contribution in [-0.4, -0.2) is 39.8 Å². The van der Waals surface area contributed by atoms with Gasteiger partial charge in [-0.15, -0.1) is 24.0 Å². The summed E-state index contributed by atoms with van der Waals surface area (Å²) in [7, 11) is 3.29. The lowest BCUT2D eigenvalue weighted by Gasteiger charge is -2.43. The van der Waals surface area contributed by atoms with Crippen LogP contribution in [0, 0.1) is 0 Å². The van der Waals surface area contributed by atoms with E-state index in [0.29, 0.717) is 25.7 Å². The van der Waals surface area contributed by atoms with Crippen LogP contribution in [0.5, 0.6) is 0 Å². The minimum Gasteiger partial charge on any atom is -0.383 e. The molecule has 0 atom stereocenters. The third-order valence-electron chi connectivity index (χ3n) is 4.53. The molecular formula is C17H25F3IN3O. The Kier molecular flexibility index (Phi) is 8.46. The molecule has 1 aliphatic rings. The van der Waals surface area contributed by atoms with E-state index in [4.69, 9.17) is 4.74 Å². The average Bonchev–Trinajstić information content (AvgIpc) is 2.51. The maximum absolute atomic E-state index is 13.0. The molecule has 0 radical (unpaired) electrons. The van der Waals surface area contributed by atoms with E-state index >= 15 is 0 Å². The maximum Gasteiger partial charge on any atom is 0.416 e. The molecule has 1 saturated carbocycles. The van der Waals surface area contributed by atoms with Crippen molar-refractivity contribution < 1.29 is 17.9 Å². The second kappa shape index (κ2) is 9.61. The first kappa shape index (κ1) is 22.0. The molecule has 2 N–H and O–H groups in total. The SMILES string of the molecule is CN=C(NCCOC)NCC1(c2cccc(C(F)(F)F)c2)CCC1.I. The number of aliphatic imine (C=N–C) groups is 1. The molecule has 0 aromatic heterocycles. The van der Waals surface area contributed by atoms with Crippen molar-refractivity contribution in [3.8, 4) is 0 Å². The van der Waals surface area contributed by atoms with Gasteiger partial charge in [-0.05, 0) is 24.5 Å². The molecule has 2 rings (SSSR count). The number of benzene rings is 1. The Morgan fingerprint density at radius 1 is 1.28 bits per heavy atom. The monoisotopic (exact) mass is 471 g/mol. The molecular weight excluding hydrogens is 446 g/mol. The van der Waals surface area contributed by atoms with Crippen molar-refractivity contribution in [2.24, 2.45) is 4.99 Å². The van der Waals surface area contributed by atoms with E-state index in [1.54, 1.807) is 20.2 Å². The number of nitrogens with one attached hydrogen (secondary N) is 2. The van der Waals surface area contributed by atoms with E-state index in [1.165, 1.54) is 12.1 Å². The van der Waals surface area contributed by atoms with Crippen molar-refractivity contribution in [3.63, 3.8) is 0 Å². The Balaban J connectivity index is 0.00000312. The Bertz CT molecular complexity index is 575. The van der Waals surface area contributed by atoms with Crippen molar-refractivity contribution in [2.75, 3.05) is 33.9 Å². The van der Waals surface area contributed by atoms with Gasteiger partial charge in [-0.2, -0.15) is 13.2 Å². The number of methoxy groups -OCH3 is 1. The van der Waals surface area contributed by atoms with Crippen LogP contribution in [0.25, 0.3) is 0 Å². The first-order valence-electron chi connectivity index (χ1n) is 8.02. The molecule has 1 aromatic carbocycles. The molecule has 8 heteroatoms. The molecule has 1 aliphatic carbocycles. The number of alkyl halides is 3. The van der Waals surface area contributed by atoms with Gasteiger partial charge >= 0.3 is 6.18 Å². The lowest BCUT2D eigenvalue weighted by atomic mass is 9.64. The van der Waals surface area contributed by atoms with Crippen LogP contribution in [0.15, 0.2) is 29.3 Å². The van der Waals surface area contributed by atoms with Gasteiger partial charge in [0.25, 0.3) is 0 Å². The molecule has 142 valence electrons. The van der Waals surface area contributed by atoms with Gasteiger partial charge in [0.2, 0.25) is 0 Å². The van der Waals surface area contributed by atoms with Gasteiger partial charge in [-0.25, -0.2) is 0 Å². The third kappa shape index (κ3) is 5.73. The van der Waals surface area contributed by atoms with E-state index in [0.717, 1.165) is 30.9 Å². The highest BCUT2D eigenvalue weighted by molar-refractivity contribution is 14.0. The topological polar surface area (TPSA) is 45.7 Å². The molecule has 0 bridgehead atoms. The van der Waals surface area contributed by atoms with E-state index in [2.05, 4.69) is 15.6 Å². The van der Waals surface area contributed by atoms with Crippen molar-refractivity contribution >= 4 is 29.9 Å². The highest BCUT2D eigenvalue weighted by Crippen LogP contribution is 2.44. The lowest BCUT2D eigenvalue weighted by Crippen LogP contribution is -2.49. The zero-order valence-electron chi connectivity index (χ0n) is 14.4. The smallest absolute Gasteiger partial charge is 0.383 e. The number of nitrogens with zero attached hydrogens (tertiary/aromatic N) is 1. The predicted molar refractivity (Wildman–Crippen MR) is 104 cm³/mol. The van der Waals surface area contributed by atoms with Crippen molar-refractivity contribution in [1.29, 1.82) is 0 Å². The Hall–Kier alpha value is -1.03. The summed E-state index contributed by atoms with van der Waals surface area (Å²) in [5.74, 6) is 0.630. The van der Waals surface area contributed by atoms with Gasteiger partial charge in [0, 0.05) is 32.7 Å². The fraction of sp³-hybridized carbons (Fsp3) is 0.588. The maximum atomic E-state index is 13.0. The number of hydrogen-bond donors (Lipinski definition) is 2. The zero-order valence-corrected chi connectivity index (χ0v) is 16.8. The van der Waals surface area contributed by atoms with Crippen LogP contribution in [0.2, 0.25) is 0 Å². The molecule has 25 heavy (non-hydrogen) atoms. The van der Waals surface area contributed by atoms with Gasteiger partial charge in [0.05, 0.1) is 12.2 Å². The third-order valence-corrected chi connectivity index (χ3v) is 4.53. The number of rotatable bonds is 6. The molecule has 0 heterocycles. The molecule has 1 fully saturated rings. The Morgan fingerprint density at radius 2 is 2.00 bits per heavy atom. The van der Waals surface area contributed by atoms with Gasteiger partial charge in [-0.1, -0.05) is 24.6 Å². The highest BCUT2D eigenvalue weighted by atomic mass is 127. The molecule has 0 saturated heterocycles. The van der Waals surface area contributed by atoms with Crippen LogP contribution >= 0.6 is 24.0 Å². The van der Waals surface area contributed by atoms with Crippen LogP contribution in [0.4, 0.5) is 13.2 Å². The summed E-state index contributed by atoms with van der Waals surface area (Å²) in [6.07, 6.45) is -1.55. The van der Waals surface area contributed by atoms with E-state index in [1.807, 2.05) is 0 Å². The predicted octanol–water partition coefficient (Wildman–Crippen LogP) is 3.56. The molecule has 0 unspecified atom stereocenters. The second-order valence-corrected chi connectivity index (χ2v) is 6.06. The summed E-state index contributed by atoms with van der Waals surface area (Å²) >= 11 is 0. The largest absolute Gasteiger partial charge is 0.416 e. The van der Waals surface area contributed by atoms with Gasteiger partial charge < -0.3 is 15.4 Å². The molecule has 0 spiro atoms. The van der Waals surface area contributed by atoms with Crippen molar-refractivity contribution in [2.45, 2.75) is 30.9 Å². The molecule has 4 nitrogen and oxygen atoms in total. The normalized spacial score (nSPS) is 16.6. The number of ether oxygens (including phenoxy) is 1. The van der Waals surface area contributed by atoms with Crippen molar-refractivity contribution in [3.05, 3.63) is 35.4 Å². The second-order valence-electron chi connectivity index (χ2n) is 6.06. The highest BCUT2D eigenvalue weighted by Gasteiger charge is 2.40. The number of guanidine groups is 1. The fourth-order valence-corrected chi connectivity index (χ4v) is 2.94. The summed E-state index contributed by atoms with van der Waals surface area (Å²) in [6, 6.07) is 5.68. The quantitative estimate of drug-likeness (QED) is 0.289. The average molecular weight is 471 g/mol. The first-order chi connectivity index (χ1) is 11.4. The van der Waals surface area contributed by atoms with Gasteiger partial charge in [-0.3, -0.25) is 4.99 Å². The summed E-state index contributed by atoms with van der Waals surface area (Å²) in [4.78, 5) is 4.13. The number of hydrogen-bond acceptors (Lipinski definition) is 2. The van der Waals surface area contributed by atoms with Gasteiger partial charge in [0.1, 0.15) is 0 Å². The zero-order chi connectivity index (χ0) is 17.6. The Morgan fingerprint density at radius 3 is 2.52 bits per heavy atom. The van der Waals surface area contributed by atoms with E-state index < -0.39 is 11.7 Å². The summed E-state index contributed by atoms with van der Waals surface area (Å²) in [5, 5.41) is 6.34. The molecule has 0 amide bonds. The Labute approximate surface area is 163 Å². The molecule has 0 aliphatic heterocycles. The minimum absolute atomic E-state index is 0. The van der Waals surface area contributed by atoms with Crippen LogP contribution < -0.4 is 10.6 Å². The fourth-order valence-electron chi connectivity index (χ4n) is 2.94.